The Hall–Kier alpha value is -2.21. The van der Waals surface area contributed by atoms with E-state index < -0.39 is 5.97 Å². The zero-order valence-electron chi connectivity index (χ0n) is 12.5. The third-order valence-corrected chi connectivity index (χ3v) is 3.83. The maximum absolute atomic E-state index is 11.7. The highest BCUT2D eigenvalue weighted by atomic mass is 32.1. The fourth-order valence-electron chi connectivity index (χ4n) is 1.95. The van der Waals surface area contributed by atoms with Gasteiger partial charge in [-0.05, 0) is 30.2 Å². The minimum absolute atomic E-state index is 0.000688. The third-order valence-electron chi connectivity index (χ3n) is 2.89. The number of carbonyl (C=O) groups is 2. The molecule has 0 spiro atoms. The second-order valence-electron chi connectivity index (χ2n) is 5.44. The molecular formula is C16H18N2O3S. The number of aliphatic carboxylic acids is 1. The molecule has 2 N–H and O–H groups in total. The minimum Gasteiger partial charge on any atom is -0.481 e. The highest BCUT2D eigenvalue weighted by Gasteiger charge is 2.09. The lowest BCUT2D eigenvalue weighted by Crippen LogP contribution is -2.13. The zero-order valence-corrected chi connectivity index (χ0v) is 13.3. The number of hydrogen-bond acceptors (Lipinski definition) is 4. The van der Waals surface area contributed by atoms with Crippen LogP contribution in [0.15, 0.2) is 29.6 Å². The molecule has 1 heterocycles. The van der Waals surface area contributed by atoms with Crippen molar-refractivity contribution in [2.24, 2.45) is 5.92 Å². The molecule has 22 heavy (non-hydrogen) atoms. The van der Waals surface area contributed by atoms with Gasteiger partial charge in [-0.1, -0.05) is 13.8 Å². The largest absolute Gasteiger partial charge is 0.481 e. The Morgan fingerprint density at radius 2 is 1.95 bits per heavy atom. The topological polar surface area (TPSA) is 79.3 Å². The lowest BCUT2D eigenvalue weighted by Gasteiger charge is -2.07. The molecule has 0 unspecified atom stereocenters. The number of carbonyl (C=O) groups excluding carboxylic acids is 1. The van der Waals surface area contributed by atoms with Crippen LogP contribution >= 0.6 is 11.3 Å². The average Bonchev–Trinajstić information content (AvgIpc) is 2.86. The van der Waals surface area contributed by atoms with E-state index in [9.17, 15) is 9.59 Å². The number of rotatable bonds is 6. The highest BCUT2D eigenvalue weighted by Crippen LogP contribution is 2.25. The van der Waals surface area contributed by atoms with Crippen molar-refractivity contribution in [1.29, 1.82) is 0 Å². The number of benzene rings is 1. The third kappa shape index (κ3) is 4.66. The smallest absolute Gasteiger partial charge is 0.309 e. The Morgan fingerprint density at radius 3 is 2.55 bits per heavy atom. The molecule has 6 heteroatoms. The number of nitrogens with zero attached hydrogens (tertiary/aromatic N) is 1. The normalized spacial score (nSPS) is 10.7. The van der Waals surface area contributed by atoms with Gasteiger partial charge in [0.05, 0.1) is 12.1 Å². The van der Waals surface area contributed by atoms with Crippen molar-refractivity contribution in [1.82, 2.24) is 4.98 Å². The summed E-state index contributed by atoms with van der Waals surface area (Å²) in [6, 6.07) is 7.39. The Bertz CT molecular complexity index is 662. The molecule has 116 valence electrons. The SMILES string of the molecule is CC(C)CC(=O)Nc1ccc(-c2nc(CC(=O)O)cs2)cc1. The number of amides is 1. The molecule has 1 aromatic heterocycles. The summed E-state index contributed by atoms with van der Waals surface area (Å²) >= 11 is 1.41. The fourth-order valence-corrected chi connectivity index (χ4v) is 2.78. The van der Waals surface area contributed by atoms with Crippen LogP contribution in [0.25, 0.3) is 10.6 Å². The van der Waals surface area contributed by atoms with Crippen LogP contribution in [-0.2, 0) is 16.0 Å². The monoisotopic (exact) mass is 318 g/mol. The van der Waals surface area contributed by atoms with Gasteiger partial charge in [0.1, 0.15) is 5.01 Å². The van der Waals surface area contributed by atoms with Crippen LogP contribution in [0.4, 0.5) is 5.69 Å². The summed E-state index contributed by atoms with van der Waals surface area (Å²) in [6.07, 6.45) is 0.423. The van der Waals surface area contributed by atoms with Crippen molar-refractivity contribution in [3.8, 4) is 10.6 Å². The molecule has 0 bridgehead atoms. The number of aromatic nitrogens is 1. The number of thiazole rings is 1. The highest BCUT2D eigenvalue weighted by molar-refractivity contribution is 7.13. The summed E-state index contributed by atoms with van der Waals surface area (Å²) in [7, 11) is 0. The van der Waals surface area contributed by atoms with Crippen molar-refractivity contribution >= 4 is 28.9 Å². The fraction of sp³-hybridized carbons (Fsp3) is 0.312. The average molecular weight is 318 g/mol. The molecule has 0 aliphatic heterocycles. The van der Waals surface area contributed by atoms with Gasteiger partial charge >= 0.3 is 5.97 Å². The lowest BCUT2D eigenvalue weighted by molar-refractivity contribution is -0.136. The molecule has 0 radical (unpaired) electrons. The molecule has 2 rings (SSSR count). The molecule has 0 aliphatic carbocycles. The molecule has 0 saturated heterocycles. The van der Waals surface area contributed by atoms with Crippen molar-refractivity contribution < 1.29 is 14.7 Å². The van der Waals surface area contributed by atoms with Crippen LogP contribution < -0.4 is 5.32 Å². The van der Waals surface area contributed by atoms with Crippen molar-refractivity contribution in [3.63, 3.8) is 0 Å². The summed E-state index contributed by atoms with van der Waals surface area (Å²) in [6.45, 7) is 4.00. The van der Waals surface area contributed by atoms with Crippen LogP contribution in [0.2, 0.25) is 0 Å². The Balaban J connectivity index is 2.03. The molecule has 0 aliphatic rings. The van der Waals surface area contributed by atoms with Crippen LogP contribution in [0.1, 0.15) is 26.0 Å². The number of nitrogens with one attached hydrogen (secondary N) is 1. The van der Waals surface area contributed by atoms with E-state index in [1.807, 2.05) is 38.1 Å². The van der Waals surface area contributed by atoms with Crippen molar-refractivity contribution in [3.05, 3.63) is 35.3 Å². The van der Waals surface area contributed by atoms with Crippen molar-refractivity contribution in [2.45, 2.75) is 26.7 Å². The standard InChI is InChI=1S/C16H18N2O3S/c1-10(2)7-14(19)17-12-5-3-11(4-6-12)16-18-13(9-22-16)8-15(20)21/h3-6,9-10H,7-8H2,1-2H3,(H,17,19)(H,20,21). The van der Waals surface area contributed by atoms with Gasteiger partial charge in [-0.2, -0.15) is 0 Å². The van der Waals surface area contributed by atoms with Gasteiger partial charge in [-0.15, -0.1) is 11.3 Å². The Morgan fingerprint density at radius 1 is 1.27 bits per heavy atom. The van der Waals surface area contributed by atoms with Crippen LogP contribution in [-0.4, -0.2) is 22.0 Å². The number of anilines is 1. The first-order valence-electron chi connectivity index (χ1n) is 7.00. The molecule has 1 aromatic carbocycles. The number of carboxylic acids is 1. The van der Waals surface area contributed by atoms with E-state index in [0.29, 0.717) is 18.0 Å². The van der Waals surface area contributed by atoms with E-state index in [1.165, 1.54) is 11.3 Å². The van der Waals surface area contributed by atoms with E-state index in [2.05, 4.69) is 10.3 Å². The van der Waals surface area contributed by atoms with E-state index in [1.54, 1.807) is 5.38 Å². The first kappa shape index (κ1) is 16.2. The van der Waals surface area contributed by atoms with Gasteiger partial charge in [0.15, 0.2) is 0 Å². The van der Waals surface area contributed by atoms with E-state index >= 15 is 0 Å². The van der Waals surface area contributed by atoms with Crippen LogP contribution in [0.3, 0.4) is 0 Å². The molecule has 2 aromatic rings. The van der Waals surface area contributed by atoms with E-state index in [0.717, 1.165) is 16.3 Å². The number of hydrogen-bond donors (Lipinski definition) is 2. The predicted octanol–water partition coefficient (Wildman–Crippen LogP) is 3.42. The Labute approximate surface area is 133 Å². The lowest BCUT2D eigenvalue weighted by atomic mass is 10.1. The minimum atomic E-state index is -0.889. The second-order valence-corrected chi connectivity index (χ2v) is 6.30. The van der Waals surface area contributed by atoms with Crippen molar-refractivity contribution in [2.75, 3.05) is 5.32 Å². The molecule has 1 amide bonds. The molecule has 0 atom stereocenters. The summed E-state index contributed by atoms with van der Waals surface area (Å²) in [4.78, 5) is 26.7. The summed E-state index contributed by atoms with van der Waals surface area (Å²) in [5, 5.41) is 14.1. The van der Waals surface area contributed by atoms with Gasteiger partial charge < -0.3 is 10.4 Å². The summed E-state index contributed by atoms with van der Waals surface area (Å²) < 4.78 is 0. The van der Waals surface area contributed by atoms with Crippen LogP contribution in [0.5, 0.6) is 0 Å². The van der Waals surface area contributed by atoms with Gasteiger partial charge in [-0.25, -0.2) is 4.98 Å². The quantitative estimate of drug-likeness (QED) is 0.855. The van der Waals surface area contributed by atoms with E-state index in [-0.39, 0.29) is 12.3 Å². The van der Waals surface area contributed by atoms with Gasteiger partial charge in [-0.3, -0.25) is 9.59 Å². The van der Waals surface area contributed by atoms with Gasteiger partial charge in [0, 0.05) is 23.1 Å². The Kier molecular flexibility index (Phi) is 5.27. The molecule has 5 nitrogen and oxygen atoms in total. The second kappa shape index (κ2) is 7.17. The van der Waals surface area contributed by atoms with Gasteiger partial charge in [0.25, 0.3) is 0 Å². The molecular weight excluding hydrogens is 300 g/mol. The van der Waals surface area contributed by atoms with Crippen LogP contribution in [0, 0.1) is 5.92 Å². The first-order valence-corrected chi connectivity index (χ1v) is 7.88. The maximum Gasteiger partial charge on any atom is 0.309 e. The zero-order chi connectivity index (χ0) is 16.1. The molecule has 0 fully saturated rings. The predicted molar refractivity (Wildman–Crippen MR) is 87.0 cm³/mol. The molecule has 0 saturated carbocycles. The summed E-state index contributed by atoms with van der Waals surface area (Å²) in [5.74, 6) is -0.567. The maximum atomic E-state index is 11.7. The van der Waals surface area contributed by atoms with Gasteiger partial charge in [0.2, 0.25) is 5.91 Å². The first-order chi connectivity index (χ1) is 10.4. The summed E-state index contributed by atoms with van der Waals surface area (Å²) in [5.41, 5.74) is 2.21. The van der Waals surface area contributed by atoms with E-state index in [4.69, 9.17) is 5.11 Å². The number of carboxylic acid groups (broad SMARTS) is 1.